The fourth-order valence-corrected chi connectivity index (χ4v) is 7.60. The van der Waals surface area contributed by atoms with E-state index in [1.165, 1.54) is 4.90 Å². The molecule has 4 rings (SSSR count). The summed E-state index contributed by atoms with van der Waals surface area (Å²) in [5.41, 5.74) is -0.760. The van der Waals surface area contributed by atoms with Crippen molar-refractivity contribution in [3.05, 3.63) is 41.4 Å². The topological polar surface area (TPSA) is 96.4 Å². The molecule has 9 heteroatoms. The van der Waals surface area contributed by atoms with Gasteiger partial charge in [0.25, 0.3) is 5.91 Å². The van der Waals surface area contributed by atoms with Crippen LogP contribution in [0.4, 0.5) is 5.69 Å². The van der Waals surface area contributed by atoms with Gasteiger partial charge in [0.2, 0.25) is 5.91 Å². The Morgan fingerprint density at radius 2 is 2.05 bits per heavy atom. The number of fused-ring (bicyclic) bond motifs is 1. The summed E-state index contributed by atoms with van der Waals surface area (Å²) in [6.45, 7) is 13.5. The molecule has 2 amide bonds. The Labute approximate surface area is 236 Å². The smallest absolute Gasteiger partial charge is 0.312 e. The van der Waals surface area contributed by atoms with Crippen molar-refractivity contribution >= 4 is 35.1 Å². The maximum Gasteiger partial charge on any atom is 0.312 e. The van der Waals surface area contributed by atoms with Crippen LogP contribution in [-0.4, -0.2) is 70.8 Å². The molecule has 6 atom stereocenters. The van der Waals surface area contributed by atoms with Crippen molar-refractivity contribution < 1.29 is 29.0 Å². The average Bonchev–Trinajstić information content (AvgIpc) is 3.50. The maximum atomic E-state index is 14.8. The Balaban J connectivity index is 1.91. The van der Waals surface area contributed by atoms with Gasteiger partial charge in [-0.1, -0.05) is 50.6 Å². The normalized spacial score (nSPS) is 30.0. The highest BCUT2D eigenvalue weighted by Crippen LogP contribution is 2.65. The number of benzene rings is 1. The summed E-state index contributed by atoms with van der Waals surface area (Å²) in [5.74, 6) is -2.72. The zero-order chi connectivity index (χ0) is 28.7. The molecule has 3 aliphatic rings. The number of likely N-dealkylation sites (tertiary alicyclic amines) is 1. The van der Waals surface area contributed by atoms with E-state index < -0.39 is 41.1 Å². The fourth-order valence-electron chi connectivity index (χ4n) is 7.27. The highest BCUT2D eigenvalue weighted by molar-refractivity contribution is 6.34. The number of para-hydroxylation sites is 1. The van der Waals surface area contributed by atoms with Crippen LogP contribution in [0.5, 0.6) is 0 Å². The van der Waals surface area contributed by atoms with Crippen LogP contribution < -0.4 is 4.90 Å². The lowest BCUT2D eigenvalue weighted by molar-refractivity contribution is -0.161. The van der Waals surface area contributed by atoms with Crippen molar-refractivity contribution in [1.82, 2.24) is 4.90 Å². The van der Waals surface area contributed by atoms with Crippen molar-refractivity contribution in [1.29, 1.82) is 0 Å². The van der Waals surface area contributed by atoms with E-state index in [2.05, 4.69) is 6.58 Å². The summed E-state index contributed by atoms with van der Waals surface area (Å²) in [5, 5.41) is 10.9. The number of amides is 2. The first-order chi connectivity index (χ1) is 18.5. The number of rotatable bonds is 11. The van der Waals surface area contributed by atoms with E-state index in [0.717, 1.165) is 5.56 Å². The van der Waals surface area contributed by atoms with Crippen LogP contribution in [0.2, 0.25) is 5.02 Å². The lowest BCUT2D eigenvalue weighted by Gasteiger charge is -2.40. The lowest BCUT2D eigenvalue weighted by Crippen LogP contribution is -2.59. The molecule has 1 aromatic rings. The van der Waals surface area contributed by atoms with Gasteiger partial charge in [-0.05, 0) is 57.1 Å². The fraction of sp³-hybridized carbons (Fsp3) is 0.633. The van der Waals surface area contributed by atoms with Crippen LogP contribution >= 0.6 is 11.6 Å². The molecule has 0 radical (unpaired) electrons. The monoisotopic (exact) mass is 560 g/mol. The van der Waals surface area contributed by atoms with Crippen LogP contribution in [0, 0.1) is 24.7 Å². The summed E-state index contributed by atoms with van der Waals surface area (Å²) in [7, 11) is 0. The molecule has 3 aliphatic heterocycles. The second-order valence-corrected chi connectivity index (χ2v) is 11.8. The predicted octanol–water partition coefficient (Wildman–Crippen LogP) is 4.29. The minimum absolute atomic E-state index is 0.152. The zero-order valence-electron chi connectivity index (χ0n) is 23.6. The number of hydrogen-bond acceptors (Lipinski definition) is 6. The summed E-state index contributed by atoms with van der Waals surface area (Å²) >= 11 is 6.63. The number of aliphatic hydroxyl groups excluding tert-OH is 1. The van der Waals surface area contributed by atoms with Gasteiger partial charge in [-0.3, -0.25) is 14.4 Å². The largest absolute Gasteiger partial charge is 0.466 e. The molecule has 3 heterocycles. The molecule has 8 nitrogen and oxygen atoms in total. The maximum absolute atomic E-state index is 14.8. The van der Waals surface area contributed by atoms with Crippen molar-refractivity contribution in [2.24, 2.45) is 17.8 Å². The molecule has 0 aliphatic carbocycles. The van der Waals surface area contributed by atoms with Crippen LogP contribution in [0.25, 0.3) is 0 Å². The Morgan fingerprint density at radius 1 is 1.33 bits per heavy atom. The number of anilines is 1. The van der Waals surface area contributed by atoms with E-state index in [1.807, 2.05) is 39.8 Å². The third-order valence-electron chi connectivity index (χ3n) is 8.78. The molecular weight excluding hydrogens is 520 g/mol. The van der Waals surface area contributed by atoms with E-state index in [1.54, 1.807) is 24.0 Å². The first-order valence-corrected chi connectivity index (χ1v) is 14.4. The number of ether oxygens (including phenoxy) is 2. The summed E-state index contributed by atoms with van der Waals surface area (Å²) in [6, 6.07) is 3.75. The van der Waals surface area contributed by atoms with Gasteiger partial charge in [0.15, 0.2) is 0 Å². The molecule has 1 spiro atoms. The third-order valence-corrected chi connectivity index (χ3v) is 9.08. The molecule has 2 bridgehead atoms. The van der Waals surface area contributed by atoms with Crippen molar-refractivity contribution in [2.75, 3.05) is 24.7 Å². The van der Waals surface area contributed by atoms with Crippen LogP contribution in [0.1, 0.15) is 58.9 Å². The van der Waals surface area contributed by atoms with E-state index >= 15 is 0 Å². The number of carbonyl (C=O) groups is 3. The quantitative estimate of drug-likeness (QED) is 0.320. The van der Waals surface area contributed by atoms with E-state index in [-0.39, 0.29) is 37.5 Å². The molecule has 39 heavy (non-hydrogen) atoms. The summed E-state index contributed by atoms with van der Waals surface area (Å²) in [6.07, 6.45) is 3.61. The summed E-state index contributed by atoms with van der Waals surface area (Å²) < 4.78 is 12.3. The van der Waals surface area contributed by atoms with E-state index in [9.17, 15) is 19.5 Å². The van der Waals surface area contributed by atoms with Gasteiger partial charge in [0.1, 0.15) is 17.6 Å². The van der Waals surface area contributed by atoms with Crippen LogP contribution in [0.15, 0.2) is 30.9 Å². The molecular formula is C30H41ClN2O6. The van der Waals surface area contributed by atoms with Gasteiger partial charge in [0, 0.05) is 6.54 Å². The molecule has 1 N–H and O–H groups in total. The first-order valence-electron chi connectivity index (χ1n) is 14.0. The molecule has 3 fully saturated rings. The number of carbonyl (C=O) groups excluding carboxylic acids is 3. The van der Waals surface area contributed by atoms with Crippen LogP contribution in [0.3, 0.4) is 0 Å². The predicted molar refractivity (Wildman–Crippen MR) is 149 cm³/mol. The van der Waals surface area contributed by atoms with Gasteiger partial charge in [-0.25, -0.2) is 0 Å². The molecule has 2 unspecified atom stereocenters. The Kier molecular flexibility index (Phi) is 8.50. The lowest BCUT2D eigenvalue weighted by atomic mass is 9.65. The summed E-state index contributed by atoms with van der Waals surface area (Å²) in [4.78, 5) is 45.6. The third kappa shape index (κ3) is 4.58. The van der Waals surface area contributed by atoms with E-state index in [4.69, 9.17) is 21.1 Å². The minimum Gasteiger partial charge on any atom is -0.466 e. The van der Waals surface area contributed by atoms with Crippen molar-refractivity contribution in [3.63, 3.8) is 0 Å². The standard InChI is InChI=1S/C30H41ClN2O6/c1-7-15-32(24-19(6)11-10-12-21(24)31)27(36)25-30-14-13-29(8-2,39-30)23(28(37)38-9-3)22(30)26(35)33(25)20(17-34)16-18(4)5/h7,10-12,18,20,22-23,25,34H,1,8-9,13-17H2,2-6H3/t20-,22+,23+,25?,29-,30?/m1/s1. The van der Waals surface area contributed by atoms with E-state index in [0.29, 0.717) is 36.4 Å². The Morgan fingerprint density at radius 3 is 2.62 bits per heavy atom. The van der Waals surface area contributed by atoms with Gasteiger partial charge in [-0.2, -0.15) is 0 Å². The second kappa shape index (κ2) is 11.2. The van der Waals surface area contributed by atoms with Crippen molar-refractivity contribution in [2.45, 2.75) is 83.6 Å². The average molecular weight is 561 g/mol. The number of esters is 1. The molecule has 3 saturated heterocycles. The van der Waals surface area contributed by atoms with Gasteiger partial charge >= 0.3 is 5.97 Å². The van der Waals surface area contributed by atoms with Gasteiger partial charge < -0.3 is 24.4 Å². The molecule has 214 valence electrons. The number of hydrogen-bond donors (Lipinski definition) is 1. The zero-order valence-corrected chi connectivity index (χ0v) is 24.4. The van der Waals surface area contributed by atoms with Crippen LogP contribution in [-0.2, 0) is 23.9 Å². The highest BCUT2D eigenvalue weighted by atomic mass is 35.5. The molecule has 1 aromatic carbocycles. The van der Waals surface area contributed by atoms with Gasteiger partial charge in [-0.15, -0.1) is 6.58 Å². The SMILES string of the molecule is C=CCN(C(=O)C1N([C@@H](CO)CC(C)C)C(=O)[C@@H]2[C@@H](C(=O)OCC)[C@@]3(CC)CCC12O3)c1c(C)cccc1Cl. The number of nitrogens with zero attached hydrogens (tertiary/aromatic N) is 2. The second-order valence-electron chi connectivity index (χ2n) is 11.4. The first kappa shape index (κ1) is 29.6. The Hall–Kier alpha value is -2.42. The van der Waals surface area contributed by atoms with Gasteiger partial charge in [0.05, 0.1) is 41.5 Å². The molecule has 0 aromatic heterocycles. The van der Waals surface area contributed by atoms with Crippen molar-refractivity contribution in [3.8, 4) is 0 Å². The highest BCUT2D eigenvalue weighted by Gasteiger charge is 2.79. The number of aryl methyl sites for hydroxylation is 1. The molecule has 0 saturated carbocycles. The Bertz CT molecular complexity index is 1120. The minimum atomic E-state index is -1.22. The number of halogens is 1. The number of aliphatic hydroxyl groups is 1.